The number of ether oxygens (including phenoxy) is 1. The van der Waals surface area contributed by atoms with E-state index >= 15 is 0 Å². The molecule has 1 atom stereocenters. The summed E-state index contributed by atoms with van der Waals surface area (Å²) in [5, 5.41) is 0. The number of fused-ring (bicyclic) bond motifs is 1. The summed E-state index contributed by atoms with van der Waals surface area (Å²) in [6, 6.07) is 0. The Hall–Kier alpha value is -1.56. The van der Waals surface area contributed by atoms with Gasteiger partial charge in [0.1, 0.15) is 5.83 Å². The van der Waals surface area contributed by atoms with Crippen LogP contribution in [0.2, 0.25) is 0 Å². The number of halogens is 2. The van der Waals surface area contributed by atoms with Gasteiger partial charge >= 0.3 is 5.97 Å². The summed E-state index contributed by atoms with van der Waals surface area (Å²) in [5.41, 5.74) is 0.392. The van der Waals surface area contributed by atoms with Crippen molar-refractivity contribution in [2.45, 2.75) is 4.83 Å². The van der Waals surface area contributed by atoms with Crippen molar-refractivity contribution >= 4 is 33.4 Å². The SMILES string of the molecule is COC(=O)C1=CC(=O)C2=CC(F)=CC(Br)C2=N1. The Balaban J connectivity index is 2.46. The fraction of sp³-hybridized carbons (Fsp3) is 0.182. The van der Waals surface area contributed by atoms with Gasteiger partial charge in [0, 0.05) is 11.6 Å². The minimum atomic E-state index is -0.695. The highest BCUT2D eigenvalue weighted by Crippen LogP contribution is 2.27. The molecule has 88 valence electrons. The highest BCUT2D eigenvalue weighted by Gasteiger charge is 2.30. The van der Waals surface area contributed by atoms with Crippen LogP contribution in [0.1, 0.15) is 0 Å². The molecule has 1 unspecified atom stereocenters. The predicted molar refractivity (Wildman–Crippen MR) is 62.5 cm³/mol. The lowest BCUT2D eigenvalue weighted by atomic mass is 9.95. The van der Waals surface area contributed by atoms with Gasteiger partial charge < -0.3 is 4.74 Å². The van der Waals surface area contributed by atoms with Crippen LogP contribution < -0.4 is 0 Å². The van der Waals surface area contributed by atoms with Gasteiger partial charge in [-0.2, -0.15) is 0 Å². The largest absolute Gasteiger partial charge is 0.464 e. The Morgan fingerprint density at radius 2 is 2.24 bits per heavy atom. The summed E-state index contributed by atoms with van der Waals surface area (Å²) in [5.74, 6) is -1.66. The van der Waals surface area contributed by atoms with E-state index < -0.39 is 22.4 Å². The smallest absolute Gasteiger partial charge is 0.356 e. The summed E-state index contributed by atoms with van der Waals surface area (Å²) in [6.45, 7) is 0. The number of aliphatic imine (C=N–C) groups is 1. The van der Waals surface area contributed by atoms with Gasteiger partial charge in [-0.25, -0.2) is 14.2 Å². The molecule has 1 heterocycles. The first-order valence-electron chi connectivity index (χ1n) is 4.69. The molecule has 6 heteroatoms. The van der Waals surface area contributed by atoms with Crippen molar-refractivity contribution in [2.24, 2.45) is 4.99 Å². The average Bonchev–Trinajstić information content (AvgIpc) is 2.29. The minimum absolute atomic E-state index is 0.0789. The molecule has 2 rings (SSSR count). The number of carbonyl (C=O) groups is 2. The quantitative estimate of drug-likeness (QED) is 0.546. The maximum atomic E-state index is 13.1. The van der Waals surface area contributed by atoms with Crippen molar-refractivity contribution in [2.75, 3.05) is 7.11 Å². The topological polar surface area (TPSA) is 55.7 Å². The summed E-state index contributed by atoms with van der Waals surface area (Å²) >= 11 is 3.18. The lowest BCUT2D eigenvalue weighted by molar-refractivity contribution is -0.136. The van der Waals surface area contributed by atoms with Gasteiger partial charge in [0.2, 0.25) is 0 Å². The Morgan fingerprint density at radius 1 is 1.53 bits per heavy atom. The van der Waals surface area contributed by atoms with Crippen molar-refractivity contribution in [3.05, 3.63) is 35.3 Å². The second kappa shape index (κ2) is 4.37. The third kappa shape index (κ3) is 2.12. The van der Waals surface area contributed by atoms with Crippen LogP contribution in [-0.2, 0) is 14.3 Å². The number of hydrogen-bond acceptors (Lipinski definition) is 4. The second-order valence-corrected chi connectivity index (χ2v) is 4.38. The molecule has 0 aromatic heterocycles. The van der Waals surface area contributed by atoms with Crippen molar-refractivity contribution in [1.82, 2.24) is 0 Å². The molecular weight excluding hydrogens is 293 g/mol. The zero-order valence-electron chi connectivity index (χ0n) is 8.74. The van der Waals surface area contributed by atoms with Crippen LogP contribution in [0.3, 0.4) is 0 Å². The monoisotopic (exact) mass is 299 g/mol. The molecule has 2 aliphatic rings. The van der Waals surface area contributed by atoms with Crippen LogP contribution in [0.15, 0.2) is 40.3 Å². The van der Waals surface area contributed by atoms with Crippen molar-refractivity contribution < 1.29 is 18.7 Å². The molecule has 1 aliphatic carbocycles. The summed E-state index contributed by atoms with van der Waals surface area (Å²) in [7, 11) is 1.20. The number of carbonyl (C=O) groups excluding carboxylic acids is 2. The molecule has 0 spiro atoms. The van der Waals surface area contributed by atoms with Crippen molar-refractivity contribution in [3.63, 3.8) is 0 Å². The maximum Gasteiger partial charge on any atom is 0.356 e. The molecule has 0 fully saturated rings. The van der Waals surface area contributed by atoms with Crippen LogP contribution >= 0.6 is 15.9 Å². The lowest BCUT2D eigenvalue weighted by Gasteiger charge is -2.19. The number of nitrogens with zero attached hydrogens (tertiary/aromatic N) is 1. The molecule has 0 radical (unpaired) electrons. The Morgan fingerprint density at radius 3 is 2.88 bits per heavy atom. The van der Waals surface area contributed by atoms with Crippen molar-refractivity contribution in [3.8, 4) is 0 Å². The van der Waals surface area contributed by atoms with E-state index in [-0.39, 0.29) is 11.3 Å². The van der Waals surface area contributed by atoms with E-state index in [2.05, 4.69) is 25.7 Å². The zero-order valence-corrected chi connectivity index (χ0v) is 10.3. The van der Waals surface area contributed by atoms with Crippen LogP contribution in [0.4, 0.5) is 4.39 Å². The normalized spacial score (nSPS) is 23.0. The van der Waals surface area contributed by atoms with Gasteiger partial charge in [0.05, 0.1) is 17.6 Å². The third-order valence-corrected chi connectivity index (χ3v) is 2.99. The number of esters is 1. The summed E-state index contributed by atoms with van der Waals surface area (Å²) in [6.07, 6.45) is 3.40. The summed E-state index contributed by atoms with van der Waals surface area (Å²) in [4.78, 5) is 26.5. The van der Waals surface area contributed by atoms with Crippen LogP contribution in [0.25, 0.3) is 0 Å². The van der Waals surface area contributed by atoms with Gasteiger partial charge in [-0.1, -0.05) is 15.9 Å². The molecule has 0 aromatic carbocycles. The molecule has 17 heavy (non-hydrogen) atoms. The molecule has 0 saturated heterocycles. The number of methoxy groups -OCH3 is 1. The van der Waals surface area contributed by atoms with Crippen molar-refractivity contribution in [1.29, 1.82) is 0 Å². The lowest BCUT2D eigenvalue weighted by Crippen LogP contribution is -2.27. The van der Waals surface area contributed by atoms with E-state index in [4.69, 9.17) is 0 Å². The van der Waals surface area contributed by atoms with Crippen LogP contribution in [0, 0.1) is 0 Å². The Labute approximate surface area is 105 Å². The number of hydrogen-bond donors (Lipinski definition) is 0. The molecule has 0 saturated carbocycles. The molecular formula is C11H7BrFNO3. The first-order valence-corrected chi connectivity index (χ1v) is 5.61. The fourth-order valence-electron chi connectivity index (χ4n) is 1.52. The van der Waals surface area contributed by atoms with E-state index in [1.165, 1.54) is 13.2 Å². The van der Waals surface area contributed by atoms with E-state index in [1.807, 2.05) is 0 Å². The highest BCUT2D eigenvalue weighted by molar-refractivity contribution is 9.10. The van der Waals surface area contributed by atoms with Gasteiger partial charge in [0.15, 0.2) is 11.5 Å². The van der Waals surface area contributed by atoms with Gasteiger partial charge in [-0.3, -0.25) is 4.79 Å². The standard InChI is InChI=1S/C11H7BrFNO3/c1-17-11(16)8-4-9(15)6-2-5(13)3-7(12)10(6)14-8/h2-4,7H,1H3. The number of alkyl halides is 1. The zero-order chi connectivity index (χ0) is 12.6. The predicted octanol–water partition coefficient (Wildman–Crippen LogP) is 1.62. The average molecular weight is 300 g/mol. The molecule has 1 aliphatic heterocycles. The number of ketones is 1. The van der Waals surface area contributed by atoms with Gasteiger partial charge in [-0.15, -0.1) is 0 Å². The Bertz CT molecular complexity index is 531. The fourth-order valence-corrected chi connectivity index (χ4v) is 2.12. The highest BCUT2D eigenvalue weighted by atomic mass is 79.9. The second-order valence-electron chi connectivity index (χ2n) is 3.39. The number of rotatable bonds is 1. The molecule has 4 nitrogen and oxygen atoms in total. The van der Waals surface area contributed by atoms with E-state index in [0.29, 0.717) is 5.71 Å². The third-order valence-electron chi connectivity index (χ3n) is 2.29. The molecule has 0 amide bonds. The van der Waals surface area contributed by atoms with Crippen LogP contribution in [0.5, 0.6) is 0 Å². The van der Waals surface area contributed by atoms with E-state index in [0.717, 1.165) is 12.2 Å². The van der Waals surface area contributed by atoms with E-state index in [1.54, 1.807) is 0 Å². The van der Waals surface area contributed by atoms with E-state index in [9.17, 15) is 14.0 Å². The number of allylic oxidation sites excluding steroid dienone is 5. The van der Waals surface area contributed by atoms with Gasteiger partial charge in [-0.05, 0) is 12.2 Å². The first kappa shape index (κ1) is 11.9. The maximum absolute atomic E-state index is 13.1. The molecule has 0 bridgehead atoms. The van der Waals surface area contributed by atoms with Crippen LogP contribution in [-0.4, -0.2) is 29.4 Å². The summed E-state index contributed by atoms with van der Waals surface area (Å²) < 4.78 is 17.6. The molecule has 0 N–H and O–H groups in total. The first-order chi connectivity index (χ1) is 8.02. The Kier molecular flexibility index (Phi) is 3.06. The molecule has 0 aromatic rings. The minimum Gasteiger partial charge on any atom is -0.464 e. The van der Waals surface area contributed by atoms with Gasteiger partial charge in [0.25, 0.3) is 0 Å².